The average Bonchev–Trinajstić information content (AvgIpc) is 1.81. The zero-order chi connectivity index (χ0) is 9.14. The summed E-state index contributed by atoms with van der Waals surface area (Å²) in [6.07, 6.45) is 0. The Balaban J connectivity index is 2.93. The first-order valence-corrected chi connectivity index (χ1v) is 3.81. The third-order valence-corrected chi connectivity index (χ3v) is 1.50. The molecule has 0 saturated carbocycles. The van der Waals surface area contributed by atoms with Gasteiger partial charge in [-0.15, -0.1) is 0 Å². The van der Waals surface area contributed by atoms with Crippen LogP contribution in [0.5, 0.6) is 5.75 Å². The number of amidine groups is 1. The van der Waals surface area contributed by atoms with Crippen LogP contribution in [0.25, 0.3) is 0 Å². The Hall–Kier alpha value is -0.930. The van der Waals surface area contributed by atoms with E-state index in [1.165, 1.54) is 12.1 Å². The number of hydrogen-bond donors (Lipinski definition) is 2. The van der Waals surface area contributed by atoms with Gasteiger partial charge in [0.05, 0.1) is 0 Å². The summed E-state index contributed by atoms with van der Waals surface area (Å²) in [5, 5.41) is 7.73. The molecule has 0 heterocycles. The van der Waals surface area contributed by atoms with Crippen molar-refractivity contribution in [3.8, 4) is 5.75 Å². The van der Waals surface area contributed by atoms with Crippen LogP contribution in [-0.2, 0) is 0 Å². The number of hydrogen-bond acceptors (Lipinski definition) is 2. The second kappa shape index (κ2) is 3.65. The lowest BCUT2D eigenvalue weighted by molar-refractivity contribution is 0.537. The molecule has 0 bridgehead atoms. The largest absolute Gasteiger partial charge is 0.426 e. The fourth-order valence-corrected chi connectivity index (χ4v) is 1.22. The van der Waals surface area contributed by atoms with Gasteiger partial charge in [-0.2, -0.15) is 0 Å². The Bertz CT molecular complexity index is 294. The van der Waals surface area contributed by atoms with Crippen molar-refractivity contribution in [2.75, 3.05) is 0 Å². The fourth-order valence-electron chi connectivity index (χ4n) is 0.714. The minimum absolute atomic E-state index is 0.361. The van der Waals surface area contributed by atoms with Crippen LogP contribution in [0.2, 0.25) is 10.0 Å². The quantitative estimate of drug-likeness (QED) is 0.545. The Labute approximate surface area is 79.5 Å². The van der Waals surface area contributed by atoms with Crippen molar-refractivity contribution in [2.45, 2.75) is 0 Å². The molecule has 0 amide bonds. The maximum Gasteiger partial charge on any atom is 0.284 e. The van der Waals surface area contributed by atoms with E-state index >= 15 is 0 Å². The molecule has 0 spiro atoms. The molecule has 0 atom stereocenters. The predicted molar refractivity (Wildman–Crippen MR) is 49.0 cm³/mol. The van der Waals surface area contributed by atoms with Gasteiger partial charge in [-0.3, -0.25) is 5.41 Å². The summed E-state index contributed by atoms with van der Waals surface area (Å²) < 4.78 is 4.77. The number of nitrogens with one attached hydrogen (secondary N) is 1. The van der Waals surface area contributed by atoms with Gasteiger partial charge in [0.15, 0.2) is 0 Å². The molecule has 0 aromatic heterocycles. The summed E-state index contributed by atoms with van der Waals surface area (Å²) in [4.78, 5) is 0. The Morgan fingerprint density at radius 2 is 1.75 bits per heavy atom. The van der Waals surface area contributed by atoms with Crippen molar-refractivity contribution in [1.82, 2.24) is 0 Å². The van der Waals surface area contributed by atoms with Crippen molar-refractivity contribution in [3.63, 3.8) is 0 Å². The van der Waals surface area contributed by atoms with Gasteiger partial charge in [0.2, 0.25) is 0 Å². The molecule has 12 heavy (non-hydrogen) atoms. The van der Waals surface area contributed by atoms with Gasteiger partial charge in [0.1, 0.15) is 5.75 Å². The van der Waals surface area contributed by atoms with Gasteiger partial charge in [-0.25, -0.2) is 0 Å². The predicted octanol–water partition coefficient (Wildman–Crippen LogP) is 2.27. The zero-order valence-electron chi connectivity index (χ0n) is 5.97. The fraction of sp³-hybridized carbons (Fsp3) is 0. The minimum Gasteiger partial charge on any atom is -0.426 e. The highest BCUT2D eigenvalue weighted by Crippen LogP contribution is 2.23. The van der Waals surface area contributed by atoms with Crippen LogP contribution in [-0.4, -0.2) is 6.02 Å². The van der Waals surface area contributed by atoms with E-state index in [0.717, 1.165) is 0 Å². The second-order valence-electron chi connectivity index (χ2n) is 2.07. The van der Waals surface area contributed by atoms with Crippen LogP contribution in [0.15, 0.2) is 18.2 Å². The number of rotatable bonds is 1. The summed E-state index contributed by atoms with van der Waals surface area (Å²) in [5.74, 6) is 0.361. The molecule has 0 aliphatic carbocycles. The lowest BCUT2D eigenvalue weighted by Gasteiger charge is -2.02. The van der Waals surface area contributed by atoms with Crippen LogP contribution in [0.1, 0.15) is 0 Å². The molecule has 0 radical (unpaired) electrons. The van der Waals surface area contributed by atoms with Gasteiger partial charge in [0.25, 0.3) is 6.02 Å². The number of ether oxygens (including phenoxy) is 1. The Kier molecular flexibility index (Phi) is 2.78. The van der Waals surface area contributed by atoms with Crippen molar-refractivity contribution < 1.29 is 4.74 Å². The first kappa shape index (κ1) is 9.16. The van der Waals surface area contributed by atoms with Gasteiger partial charge in [0, 0.05) is 10.0 Å². The van der Waals surface area contributed by atoms with E-state index in [2.05, 4.69) is 0 Å². The van der Waals surface area contributed by atoms with Crippen LogP contribution in [0, 0.1) is 5.41 Å². The lowest BCUT2D eigenvalue weighted by Crippen LogP contribution is -2.17. The van der Waals surface area contributed by atoms with Gasteiger partial charge >= 0.3 is 0 Å². The maximum atomic E-state index is 6.84. The van der Waals surface area contributed by atoms with Crippen LogP contribution in [0.4, 0.5) is 0 Å². The van der Waals surface area contributed by atoms with E-state index in [9.17, 15) is 0 Å². The molecule has 5 heteroatoms. The molecule has 1 aromatic rings. The number of benzene rings is 1. The molecule has 1 rings (SSSR count). The van der Waals surface area contributed by atoms with Crippen molar-refractivity contribution in [3.05, 3.63) is 28.2 Å². The molecule has 0 unspecified atom stereocenters. The van der Waals surface area contributed by atoms with E-state index < -0.39 is 6.02 Å². The highest BCUT2D eigenvalue weighted by atomic mass is 35.5. The molecule has 1 aromatic carbocycles. The molecule has 64 valence electrons. The SMILES string of the molecule is N=C(N)Oc1cc(Cl)cc(Cl)c1. The molecule has 0 saturated heterocycles. The Morgan fingerprint density at radius 1 is 1.25 bits per heavy atom. The smallest absolute Gasteiger partial charge is 0.284 e. The number of nitrogens with two attached hydrogens (primary N) is 1. The van der Waals surface area contributed by atoms with Crippen LogP contribution < -0.4 is 10.5 Å². The summed E-state index contributed by atoms with van der Waals surface area (Å²) in [5.41, 5.74) is 5.00. The molecule has 0 aliphatic rings. The lowest BCUT2D eigenvalue weighted by atomic mass is 10.3. The molecular weight excluding hydrogens is 199 g/mol. The monoisotopic (exact) mass is 204 g/mol. The minimum atomic E-state index is -0.395. The normalized spacial score (nSPS) is 9.50. The third-order valence-electron chi connectivity index (χ3n) is 1.06. The topological polar surface area (TPSA) is 59.1 Å². The van der Waals surface area contributed by atoms with E-state index in [1.807, 2.05) is 0 Å². The zero-order valence-corrected chi connectivity index (χ0v) is 7.49. The van der Waals surface area contributed by atoms with E-state index in [0.29, 0.717) is 15.8 Å². The van der Waals surface area contributed by atoms with Crippen molar-refractivity contribution in [2.24, 2.45) is 5.73 Å². The molecular formula is C7H6Cl2N2O. The summed E-state index contributed by atoms with van der Waals surface area (Å²) in [6, 6.07) is 4.22. The summed E-state index contributed by atoms with van der Waals surface area (Å²) in [7, 11) is 0. The van der Waals surface area contributed by atoms with Gasteiger partial charge in [-0.05, 0) is 18.2 Å². The average molecular weight is 205 g/mol. The van der Waals surface area contributed by atoms with E-state index in [1.54, 1.807) is 6.07 Å². The molecule has 3 nitrogen and oxygen atoms in total. The molecule has 0 aliphatic heterocycles. The molecule has 0 fully saturated rings. The second-order valence-corrected chi connectivity index (χ2v) is 2.94. The maximum absolute atomic E-state index is 6.84. The van der Waals surface area contributed by atoms with Crippen LogP contribution in [0.3, 0.4) is 0 Å². The van der Waals surface area contributed by atoms with Crippen molar-refractivity contribution in [1.29, 1.82) is 5.41 Å². The van der Waals surface area contributed by atoms with Gasteiger partial charge < -0.3 is 10.5 Å². The first-order valence-electron chi connectivity index (χ1n) is 3.06. The van der Waals surface area contributed by atoms with Crippen molar-refractivity contribution >= 4 is 29.2 Å². The highest BCUT2D eigenvalue weighted by Gasteiger charge is 1.99. The van der Waals surface area contributed by atoms with Crippen LogP contribution >= 0.6 is 23.2 Å². The first-order chi connectivity index (χ1) is 5.58. The molecule has 3 N–H and O–H groups in total. The van der Waals surface area contributed by atoms with Gasteiger partial charge in [-0.1, -0.05) is 23.2 Å². The van der Waals surface area contributed by atoms with E-state index in [4.69, 9.17) is 39.1 Å². The summed E-state index contributed by atoms with van der Waals surface area (Å²) in [6.45, 7) is 0. The Morgan fingerprint density at radius 3 is 2.17 bits per heavy atom. The third kappa shape index (κ3) is 2.60. The number of halogens is 2. The standard InChI is InChI=1S/C7H6Cl2N2O/c8-4-1-5(9)3-6(2-4)12-7(10)11/h1-3H,(H3,10,11). The summed E-state index contributed by atoms with van der Waals surface area (Å²) >= 11 is 11.3. The van der Waals surface area contributed by atoms with E-state index in [-0.39, 0.29) is 0 Å². The highest BCUT2D eigenvalue weighted by molar-refractivity contribution is 6.34.